The SMILES string of the molecule is Cn1cnc(N[C@@H]2C[C@@H]3CC[C@H]2O3)cc1=O. The average Bonchev–Trinajstić information content (AvgIpc) is 2.85. The summed E-state index contributed by atoms with van der Waals surface area (Å²) < 4.78 is 7.20. The molecule has 2 saturated heterocycles. The number of ether oxygens (including phenoxy) is 1. The molecule has 3 atom stereocenters. The smallest absolute Gasteiger partial charge is 0.255 e. The summed E-state index contributed by atoms with van der Waals surface area (Å²) in [4.78, 5) is 15.6. The fourth-order valence-electron chi connectivity index (χ4n) is 2.52. The highest BCUT2D eigenvalue weighted by atomic mass is 16.5. The highest BCUT2D eigenvalue weighted by Crippen LogP contribution is 2.35. The number of aryl methyl sites for hydroxylation is 1. The summed E-state index contributed by atoms with van der Waals surface area (Å²) in [7, 11) is 1.69. The third-order valence-electron chi connectivity index (χ3n) is 3.42. The Kier molecular flexibility index (Phi) is 2.21. The van der Waals surface area contributed by atoms with Gasteiger partial charge in [0.15, 0.2) is 0 Å². The maximum atomic E-state index is 11.4. The van der Waals surface area contributed by atoms with Gasteiger partial charge in [-0.1, -0.05) is 0 Å². The van der Waals surface area contributed by atoms with E-state index in [-0.39, 0.29) is 5.56 Å². The van der Waals surface area contributed by atoms with E-state index >= 15 is 0 Å². The van der Waals surface area contributed by atoms with Gasteiger partial charge < -0.3 is 14.6 Å². The monoisotopic (exact) mass is 221 g/mol. The molecule has 0 unspecified atom stereocenters. The molecule has 2 bridgehead atoms. The van der Waals surface area contributed by atoms with Gasteiger partial charge in [0.25, 0.3) is 5.56 Å². The van der Waals surface area contributed by atoms with Gasteiger partial charge in [-0.05, 0) is 19.3 Å². The summed E-state index contributed by atoms with van der Waals surface area (Å²) in [6.07, 6.45) is 5.57. The molecule has 86 valence electrons. The lowest BCUT2D eigenvalue weighted by molar-refractivity contribution is 0.102. The fourth-order valence-corrected chi connectivity index (χ4v) is 2.52. The molecule has 0 saturated carbocycles. The summed E-state index contributed by atoms with van der Waals surface area (Å²) >= 11 is 0. The largest absolute Gasteiger partial charge is 0.373 e. The molecule has 1 aromatic rings. The van der Waals surface area contributed by atoms with Crippen molar-refractivity contribution in [3.8, 4) is 0 Å². The molecule has 2 aliphatic rings. The van der Waals surface area contributed by atoms with Crippen molar-refractivity contribution in [1.82, 2.24) is 9.55 Å². The summed E-state index contributed by atoms with van der Waals surface area (Å²) in [5, 5.41) is 3.29. The van der Waals surface area contributed by atoms with Crippen LogP contribution >= 0.6 is 0 Å². The minimum Gasteiger partial charge on any atom is -0.373 e. The Morgan fingerprint density at radius 2 is 2.44 bits per heavy atom. The molecule has 0 radical (unpaired) electrons. The van der Waals surface area contributed by atoms with E-state index in [0.29, 0.717) is 24.1 Å². The van der Waals surface area contributed by atoms with Crippen LogP contribution in [-0.2, 0) is 11.8 Å². The lowest BCUT2D eigenvalue weighted by Gasteiger charge is -2.20. The fraction of sp³-hybridized carbons (Fsp3) is 0.636. The van der Waals surface area contributed by atoms with Gasteiger partial charge in [-0.3, -0.25) is 4.79 Å². The molecule has 1 aromatic heterocycles. The van der Waals surface area contributed by atoms with Crippen LogP contribution in [-0.4, -0.2) is 27.8 Å². The lowest BCUT2D eigenvalue weighted by Crippen LogP contribution is -2.31. The van der Waals surface area contributed by atoms with E-state index in [1.54, 1.807) is 13.4 Å². The number of fused-ring (bicyclic) bond motifs is 2. The third kappa shape index (κ3) is 1.61. The Balaban J connectivity index is 1.75. The molecule has 0 amide bonds. The first-order chi connectivity index (χ1) is 7.72. The number of rotatable bonds is 2. The molecule has 0 aliphatic carbocycles. The number of anilines is 1. The molecule has 5 heteroatoms. The molecule has 2 fully saturated rings. The van der Waals surface area contributed by atoms with Gasteiger partial charge in [0.2, 0.25) is 0 Å². The minimum atomic E-state index is -0.0402. The van der Waals surface area contributed by atoms with Crippen molar-refractivity contribution in [1.29, 1.82) is 0 Å². The number of hydrogen-bond donors (Lipinski definition) is 1. The summed E-state index contributed by atoms with van der Waals surface area (Å²) in [6, 6.07) is 1.85. The van der Waals surface area contributed by atoms with E-state index in [0.717, 1.165) is 12.8 Å². The van der Waals surface area contributed by atoms with Crippen LogP contribution in [0, 0.1) is 0 Å². The highest BCUT2D eigenvalue weighted by molar-refractivity contribution is 5.34. The van der Waals surface area contributed by atoms with Crippen molar-refractivity contribution in [2.45, 2.75) is 37.5 Å². The predicted octanol–water partition coefficient (Wildman–Crippen LogP) is 0.512. The highest BCUT2D eigenvalue weighted by Gasteiger charge is 2.40. The van der Waals surface area contributed by atoms with E-state index in [1.807, 2.05) is 0 Å². The van der Waals surface area contributed by atoms with Gasteiger partial charge >= 0.3 is 0 Å². The lowest BCUT2D eigenvalue weighted by atomic mass is 9.95. The second-order valence-electron chi connectivity index (χ2n) is 4.58. The zero-order valence-electron chi connectivity index (χ0n) is 9.22. The van der Waals surface area contributed by atoms with Crippen LogP contribution in [0.3, 0.4) is 0 Å². The molecule has 3 heterocycles. The Hall–Kier alpha value is -1.36. The summed E-state index contributed by atoms with van der Waals surface area (Å²) in [5.41, 5.74) is -0.0402. The minimum absolute atomic E-state index is 0.0402. The van der Waals surface area contributed by atoms with Gasteiger partial charge in [-0.2, -0.15) is 0 Å². The molecular formula is C11H15N3O2. The number of aromatic nitrogens is 2. The first-order valence-electron chi connectivity index (χ1n) is 5.67. The van der Waals surface area contributed by atoms with Crippen molar-refractivity contribution in [3.05, 3.63) is 22.7 Å². The van der Waals surface area contributed by atoms with Crippen LogP contribution in [0.1, 0.15) is 19.3 Å². The van der Waals surface area contributed by atoms with E-state index in [9.17, 15) is 4.79 Å². The second-order valence-corrected chi connectivity index (χ2v) is 4.58. The van der Waals surface area contributed by atoms with E-state index in [1.165, 1.54) is 17.1 Å². The van der Waals surface area contributed by atoms with Crippen LogP contribution < -0.4 is 10.9 Å². The second kappa shape index (κ2) is 3.59. The third-order valence-corrected chi connectivity index (χ3v) is 3.42. The molecule has 1 N–H and O–H groups in total. The number of nitrogens with one attached hydrogen (secondary N) is 1. The van der Waals surface area contributed by atoms with Crippen LogP contribution in [0.4, 0.5) is 5.82 Å². The Bertz CT molecular complexity index is 457. The number of hydrogen-bond acceptors (Lipinski definition) is 4. The van der Waals surface area contributed by atoms with Crippen molar-refractivity contribution in [2.75, 3.05) is 5.32 Å². The van der Waals surface area contributed by atoms with Crippen LogP contribution in [0.2, 0.25) is 0 Å². The zero-order valence-corrected chi connectivity index (χ0v) is 9.22. The van der Waals surface area contributed by atoms with Gasteiger partial charge in [0.1, 0.15) is 5.82 Å². The summed E-state index contributed by atoms with van der Waals surface area (Å²) in [5.74, 6) is 0.657. The summed E-state index contributed by atoms with van der Waals surface area (Å²) in [6.45, 7) is 0. The maximum Gasteiger partial charge on any atom is 0.255 e. The van der Waals surface area contributed by atoms with Crippen LogP contribution in [0.15, 0.2) is 17.2 Å². The predicted molar refractivity (Wildman–Crippen MR) is 59.4 cm³/mol. The van der Waals surface area contributed by atoms with E-state index < -0.39 is 0 Å². The van der Waals surface area contributed by atoms with Crippen molar-refractivity contribution in [2.24, 2.45) is 7.05 Å². The topological polar surface area (TPSA) is 56.1 Å². The maximum absolute atomic E-state index is 11.4. The van der Waals surface area contributed by atoms with Crippen LogP contribution in [0.25, 0.3) is 0 Å². The van der Waals surface area contributed by atoms with Gasteiger partial charge in [-0.25, -0.2) is 4.98 Å². The van der Waals surface area contributed by atoms with E-state index in [2.05, 4.69) is 10.3 Å². The normalized spacial score (nSPS) is 31.9. The van der Waals surface area contributed by atoms with Crippen molar-refractivity contribution in [3.63, 3.8) is 0 Å². The van der Waals surface area contributed by atoms with Gasteiger partial charge in [-0.15, -0.1) is 0 Å². The van der Waals surface area contributed by atoms with E-state index in [4.69, 9.17) is 4.74 Å². The first-order valence-corrected chi connectivity index (χ1v) is 5.67. The Morgan fingerprint density at radius 1 is 1.56 bits per heavy atom. The molecule has 16 heavy (non-hydrogen) atoms. The van der Waals surface area contributed by atoms with Gasteiger partial charge in [0.05, 0.1) is 24.6 Å². The van der Waals surface area contributed by atoms with Crippen molar-refractivity contribution >= 4 is 5.82 Å². The first kappa shape index (κ1) is 9.84. The van der Waals surface area contributed by atoms with Crippen LogP contribution in [0.5, 0.6) is 0 Å². The zero-order chi connectivity index (χ0) is 11.1. The molecule has 0 aromatic carbocycles. The molecule has 2 aliphatic heterocycles. The number of nitrogens with zero attached hydrogens (tertiary/aromatic N) is 2. The molecule has 5 nitrogen and oxygen atoms in total. The Morgan fingerprint density at radius 3 is 3.06 bits per heavy atom. The molecule has 3 rings (SSSR count). The van der Waals surface area contributed by atoms with Gasteiger partial charge in [0, 0.05) is 13.1 Å². The quantitative estimate of drug-likeness (QED) is 0.790. The molecular weight excluding hydrogens is 206 g/mol. The average molecular weight is 221 g/mol. The standard InChI is InChI=1S/C11H15N3O2/c1-14-6-12-10(5-11(14)15)13-8-4-7-2-3-9(8)16-7/h5-9,13H,2-4H2,1H3/t7-,8+,9+/m0/s1. The van der Waals surface area contributed by atoms with Crippen molar-refractivity contribution < 1.29 is 4.74 Å². The Labute approximate surface area is 93.4 Å². The molecule has 0 spiro atoms.